The van der Waals surface area contributed by atoms with Crippen molar-refractivity contribution >= 4 is 38.6 Å². The van der Waals surface area contributed by atoms with Gasteiger partial charge in [-0.3, -0.25) is 0 Å². The molecule has 1 aromatic heterocycles. The summed E-state index contributed by atoms with van der Waals surface area (Å²) in [4.78, 5) is 0.154. The second-order valence-corrected chi connectivity index (χ2v) is 7.58. The first kappa shape index (κ1) is 14.7. The first-order valence-corrected chi connectivity index (χ1v) is 8.96. The van der Waals surface area contributed by atoms with Gasteiger partial charge in [0.25, 0.3) is 10.0 Å². The number of rotatable bonds is 4. The topological polar surface area (TPSA) is 97.1 Å². The van der Waals surface area contributed by atoms with Crippen molar-refractivity contribution in [1.82, 2.24) is 15.5 Å². The van der Waals surface area contributed by atoms with Gasteiger partial charge in [0.2, 0.25) is 5.89 Å². The highest BCUT2D eigenvalue weighted by Gasteiger charge is 2.24. The molecule has 21 heavy (non-hydrogen) atoms. The van der Waals surface area contributed by atoms with Crippen molar-refractivity contribution < 1.29 is 12.8 Å². The van der Waals surface area contributed by atoms with Crippen LogP contribution in [0, 0.1) is 3.57 Å². The molecule has 0 radical (unpaired) electrons. The third-order valence-corrected chi connectivity index (χ3v) is 5.20. The van der Waals surface area contributed by atoms with Gasteiger partial charge in [0.15, 0.2) is 0 Å². The lowest BCUT2D eigenvalue weighted by Gasteiger charge is -2.05. The van der Waals surface area contributed by atoms with E-state index >= 15 is 0 Å². The van der Waals surface area contributed by atoms with E-state index in [0.29, 0.717) is 5.89 Å². The van der Waals surface area contributed by atoms with Gasteiger partial charge in [0.1, 0.15) is 0 Å². The molecule has 3 rings (SSSR count). The number of nitrogens with zero attached hydrogens (tertiary/aromatic N) is 2. The Morgan fingerprint density at radius 2 is 2.05 bits per heavy atom. The Balaban J connectivity index is 1.77. The van der Waals surface area contributed by atoms with Crippen LogP contribution in [-0.4, -0.2) is 25.2 Å². The molecule has 2 heterocycles. The molecule has 2 N–H and O–H groups in total. The minimum atomic E-state index is -3.71. The molecule has 1 atom stereocenters. The summed E-state index contributed by atoms with van der Waals surface area (Å²) in [5.41, 5.74) is 0. The molecule has 2 aromatic rings. The average molecular weight is 420 g/mol. The molecule has 1 aliphatic rings. The summed E-state index contributed by atoms with van der Waals surface area (Å²) in [5.74, 6) is 0.410. The minimum absolute atomic E-state index is 0.00839. The third-order valence-electron chi connectivity index (χ3n) is 3.14. The highest BCUT2D eigenvalue weighted by molar-refractivity contribution is 14.1. The predicted octanol–water partition coefficient (Wildman–Crippen LogP) is 1.90. The third kappa shape index (κ3) is 3.35. The molecular weight excluding hydrogens is 407 g/mol. The quantitative estimate of drug-likeness (QED) is 0.734. The van der Waals surface area contributed by atoms with Crippen molar-refractivity contribution in [3.8, 4) is 0 Å². The zero-order valence-corrected chi connectivity index (χ0v) is 13.9. The first-order valence-electron chi connectivity index (χ1n) is 6.40. The van der Waals surface area contributed by atoms with Gasteiger partial charge in [0, 0.05) is 3.57 Å². The van der Waals surface area contributed by atoms with E-state index in [0.717, 1.165) is 23.0 Å². The Labute approximate surface area is 135 Å². The Morgan fingerprint density at radius 3 is 2.71 bits per heavy atom. The second-order valence-electron chi connectivity index (χ2n) is 4.65. The molecule has 1 aliphatic heterocycles. The Hall–Kier alpha value is -1.20. The number of hydrogen-bond donors (Lipinski definition) is 2. The molecule has 112 valence electrons. The van der Waals surface area contributed by atoms with Crippen LogP contribution in [0.1, 0.15) is 24.8 Å². The fourth-order valence-electron chi connectivity index (χ4n) is 2.10. The summed E-state index contributed by atoms with van der Waals surface area (Å²) in [6, 6.07) is 6.39. The molecule has 0 bridgehead atoms. The highest BCUT2D eigenvalue weighted by atomic mass is 127. The monoisotopic (exact) mass is 420 g/mol. The van der Waals surface area contributed by atoms with E-state index in [9.17, 15) is 8.42 Å². The predicted molar refractivity (Wildman–Crippen MR) is 84.2 cm³/mol. The van der Waals surface area contributed by atoms with Gasteiger partial charge < -0.3 is 9.73 Å². The molecular formula is C12H13IN4O3S. The summed E-state index contributed by atoms with van der Waals surface area (Å²) < 4.78 is 33.0. The molecule has 0 aliphatic carbocycles. The van der Waals surface area contributed by atoms with Crippen LogP contribution >= 0.6 is 22.6 Å². The second kappa shape index (κ2) is 5.89. The van der Waals surface area contributed by atoms with Crippen LogP contribution in [0.4, 0.5) is 6.01 Å². The van der Waals surface area contributed by atoms with E-state index in [-0.39, 0.29) is 17.0 Å². The van der Waals surface area contributed by atoms with Crippen molar-refractivity contribution in [2.75, 3.05) is 11.3 Å². The lowest BCUT2D eigenvalue weighted by molar-refractivity contribution is 0.439. The molecule has 9 heteroatoms. The summed E-state index contributed by atoms with van der Waals surface area (Å²) in [7, 11) is -3.71. The SMILES string of the molecule is O=S(=O)(Nc1nnc(C2CCCN2)o1)c1ccc(I)cc1. The average Bonchev–Trinajstić information content (AvgIpc) is 3.09. The molecule has 0 saturated carbocycles. The van der Waals surface area contributed by atoms with E-state index in [1.165, 1.54) is 12.1 Å². The Kier molecular flexibility index (Phi) is 4.13. The zero-order chi connectivity index (χ0) is 14.9. The van der Waals surface area contributed by atoms with Crippen LogP contribution < -0.4 is 10.0 Å². The summed E-state index contributed by atoms with van der Waals surface area (Å²) in [6.07, 6.45) is 1.95. The van der Waals surface area contributed by atoms with Gasteiger partial charge in [-0.05, 0) is 66.2 Å². The molecule has 0 amide bonds. The van der Waals surface area contributed by atoms with Crippen LogP contribution in [0.5, 0.6) is 0 Å². The fourth-order valence-corrected chi connectivity index (χ4v) is 3.38. The number of halogens is 1. The summed E-state index contributed by atoms with van der Waals surface area (Å²) in [5, 5.41) is 10.8. The maximum atomic E-state index is 12.2. The van der Waals surface area contributed by atoms with Crippen LogP contribution in [0.25, 0.3) is 0 Å². The number of nitrogens with one attached hydrogen (secondary N) is 2. The largest absolute Gasteiger partial charge is 0.406 e. The van der Waals surface area contributed by atoms with E-state index < -0.39 is 10.0 Å². The first-order chi connectivity index (χ1) is 10.0. The van der Waals surface area contributed by atoms with Gasteiger partial charge in [-0.25, -0.2) is 13.1 Å². The minimum Gasteiger partial charge on any atom is -0.406 e. The van der Waals surface area contributed by atoms with Crippen LogP contribution in [0.3, 0.4) is 0 Å². The van der Waals surface area contributed by atoms with E-state index in [4.69, 9.17) is 4.42 Å². The number of sulfonamides is 1. The molecule has 1 saturated heterocycles. The molecule has 1 unspecified atom stereocenters. The van der Waals surface area contributed by atoms with Crippen LogP contribution in [0.2, 0.25) is 0 Å². The van der Waals surface area contributed by atoms with Crippen molar-refractivity contribution in [2.45, 2.75) is 23.8 Å². The molecule has 7 nitrogen and oxygen atoms in total. The summed E-state index contributed by atoms with van der Waals surface area (Å²) in [6.45, 7) is 0.900. The lowest BCUT2D eigenvalue weighted by atomic mass is 10.2. The Morgan fingerprint density at radius 1 is 1.29 bits per heavy atom. The van der Waals surface area contributed by atoms with Crippen LogP contribution in [0.15, 0.2) is 33.6 Å². The van der Waals surface area contributed by atoms with E-state index in [1.54, 1.807) is 12.1 Å². The number of aromatic nitrogens is 2. The maximum absolute atomic E-state index is 12.2. The molecule has 1 aromatic carbocycles. The van der Waals surface area contributed by atoms with E-state index in [1.807, 2.05) is 0 Å². The van der Waals surface area contributed by atoms with Gasteiger partial charge in [-0.2, -0.15) is 0 Å². The summed E-state index contributed by atoms with van der Waals surface area (Å²) >= 11 is 2.11. The zero-order valence-electron chi connectivity index (χ0n) is 10.9. The number of hydrogen-bond acceptors (Lipinski definition) is 6. The van der Waals surface area contributed by atoms with Crippen molar-refractivity contribution in [3.63, 3.8) is 0 Å². The van der Waals surface area contributed by atoms with Gasteiger partial charge in [-0.1, -0.05) is 5.10 Å². The van der Waals surface area contributed by atoms with Crippen molar-refractivity contribution in [3.05, 3.63) is 33.7 Å². The van der Waals surface area contributed by atoms with E-state index in [2.05, 4.69) is 42.8 Å². The lowest BCUT2D eigenvalue weighted by Crippen LogP contribution is -2.13. The number of anilines is 1. The molecule has 0 spiro atoms. The Bertz CT molecular complexity index is 723. The standard InChI is InChI=1S/C12H13IN4O3S/c13-8-3-5-9(6-4-8)21(18,19)17-12-16-15-11(20-12)10-2-1-7-14-10/h3-6,10,14H,1-2,7H2,(H,16,17). The van der Waals surface area contributed by atoms with Crippen LogP contribution in [-0.2, 0) is 10.0 Å². The maximum Gasteiger partial charge on any atom is 0.329 e. The van der Waals surface area contributed by atoms with Crippen molar-refractivity contribution in [1.29, 1.82) is 0 Å². The van der Waals surface area contributed by atoms with Crippen molar-refractivity contribution in [2.24, 2.45) is 0 Å². The fraction of sp³-hybridized carbons (Fsp3) is 0.333. The highest BCUT2D eigenvalue weighted by Crippen LogP contribution is 2.24. The van der Waals surface area contributed by atoms with Gasteiger partial charge in [0.05, 0.1) is 10.9 Å². The van der Waals surface area contributed by atoms with Gasteiger partial charge >= 0.3 is 6.01 Å². The smallest absolute Gasteiger partial charge is 0.329 e. The molecule has 1 fully saturated rings. The number of benzene rings is 1. The van der Waals surface area contributed by atoms with Gasteiger partial charge in [-0.15, -0.1) is 5.10 Å². The normalized spacial score (nSPS) is 18.8.